The maximum Gasteiger partial charge on any atom is 0.328 e. The first-order valence-electron chi connectivity index (χ1n) is 5.54. The van der Waals surface area contributed by atoms with Crippen LogP contribution in [-0.2, 0) is 14.4 Å². The van der Waals surface area contributed by atoms with E-state index in [0.29, 0.717) is 0 Å². The van der Waals surface area contributed by atoms with Crippen molar-refractivity contribution < 1.29 is 19.5 Å². The Morgan fingerprint density at radius 1 is 1.06 bits per heavy atom. The Balaban J connectivity index is 4.77. The molecule has 2 amide bonds. The molecular weight excluding hydrogens is 238 g/mol. The highest BCUT2D eigenvalue weighted by Gasteiger charge is 2.36. The van der Waals surface area contributed by atoms with E-state index in [9.17, 15) is 14.4 Å². The first-order valence-corrected chi connectivity index (χ1v) is 5.54. The Morgan fingerprint density at radius 2 is 1.50 bits per heavy atom. The van der Waals surface area contributed by atoms with Crippen molar-refractivity contribution in [2.24, 2.45) is 5.73 Å². The molecule has 0 saturated heterocycles. The third kappa shape index (κ3) is 4.33. The molecule has 0 saturated carbocycles. The summed E-state index contributed by atoms with van der Waals surface area (Å²) in [6, 6.07) is -0.746. The highest BCUT2D eigenvalue weighted by atomic mass is 16.4. The van der Waals surface area contributed by atoms with Crippen LogP contribution in [0.5, 0.6) is 0 Å². The summed E-state index contributed by atoms with van der Waals surface area (Å²) in [5, 5.41) is 13.7. The highest BCUT2D eigenvalue weighted by Crippen LogP contribution is 2.08. The fourth-order valence-corrected chi connectivity index (χ4v) is 0.972. The Hall–Kier alpha value is -1.63. The van der Waals surface area contributed by atoms with E-state index in [0.717, 1.165) is 0 Å². The molecule has 1 atom stereocenters. The average Bonchev–Trinajstić information content (AvgIpc) is 2.15. The van der Waals surface area contributed by atoms with E-state index in [2.05, 4.69) is 10.6 Å². The van der Waals surface area contributed by atoms with Gasteiger partial charge in [0.2, 0.25) is 11.8 Å². The molecule has 0 bridgehead atoms. The molecule has 0 rings (SSSR count). The lowest BCUT2D eigenvalue weighted by Gasteiger charge is -2.30. The second-order valence-corrected chi connectivity index (χ2v) is 5.29. The lowest BCUT2D eigenvalue weighted by Crippen LogP contribution is -2.62. The highest BCUT2D eigenvalue weighted by molar-refractivity contribution is 5.95. The van der Waals surface area contributed by atoms with E-state index in [4.69, 9.17) is 10.8 Å². The van der Waals surface area contributed by atoms with E-state index in [1.165, 1.54) is 34.6 Å². The molecule has 0 radical (unpaired) electrons. The minimum Gasteiger partial charge on any atom is -0.480 e. The maximum atomic E-state index is 11.9. The Bertz CT molecular complexity index is 361. The molecule has 0 aromatic heterocycles. The lowest BCUT2D eigenvalue weighted by molar-refractivity contribution is -0.147. The molecule has 0 spiro atoms. The minimum absolute atomic E-state index is 0.483. The van der Waals surface area contributed by atoms with Gasteiger partial charge in [0.1, 0.15) is 11.1 Å². The molecule has 7 heteroatoms. The van der Waals surface area contributed by atoms with Crippen molar-refractivity contribution in [2.45, 2.75) is 51.7 Å². The summed E-state index contributed by atoms with van der Waals surface area (Å²) >= 11 is 0. The molecule has 7 nitrogen and oxygen atoms in total. The van der Waals surface area contributed by atoms with Gasteiger partial charge in [-0.2, -0.15) is 0 Å². The van der Waals surface area contributed by atoms with Crippen LogP contribution < -0.4 is 16.4 Å². The average molecular weight is 259 g/mol. The second-order valence-electron chi connectivity index (χ2n) is 5.29. The first-order chi connectivity index (χ1) is 7.90. The van der Waals surface area contributed by atoms with Gasteiger partial charge >= 0.3 is 5.97 Å². The number of hydrogen-bond acceptors (Lipinski definition) is 4. The predicted octanol–water partition coefficient (Wildman–Crippen LogP) is -0.792. The van der Waals surface area contributed by atoms with Crippen LogP contribution in [0.1, 0.15) is 34.6 Å². The molecule has 0 aliphatic heterocycles. The number of nitrogens with two attached hydrogens (primary N) is 1. The van der Waals surface area contributed by atoms with Crippen molar-refractivity contribution in [2.75, 3.05) is 0 Å². The van der Waals surface area contributed by atoms with Gasteiger partial charge in [0, 0.05) is 0 Å². The van der Waals surface area contributed by atoms with Crippen LogP contribution in [0.3, 0.4) is 0 Å². The summed E-state index contributed by atoms with van der Waals surface area (Å²) in [5.74, 6) is -2.24. The Morgan fingerprint density at radius 3 is 1.83 bits per heavy atom. The number of carbonyl (C=O) groups excluding carboxylic acids is 2. The number of carboxylic acids is 1. The molecule has 0 aliphatic rings. The minimum atomic E-state index is -1.41. The number of amides is 2. The van der Waals surface area contributed by atoms with Crippen LogP contribution in [-0.4, -0.2) is 40.0 Å². The van der Waals surface area contributed by atoms with Gasteiger partial charge in [-0.15, -0.1) is 0 Å². The third-order valence-corrected chi connectivity index (χ3v) is 2.38. The zero-order valence-corrected chi connectivity index (χ0v) is 11.3. The monoisotopic (exact) mass is 259 g/mol. The summed E-state index contributed by atoms with van der Waals surface area (Å²) in [4.78, 5) is 34.2. The Labute approximate surface area is 106 Å². The van der Waals surface area contributed by atoms with E-state index >= 15 is 0 Å². The SMILES string of the molecule is CC(N)C(=O)NC(C)(C)C(=O)NC(C)(C)C(=O)O. The van der Waals surface area contributed by atoms with E-state index in [1.807, 2.05) is 0 Å². The first kappa shape index (κ1) is 16.4. The zero-order valence-electron chi connectivity index (χ0n) is 11.3. The van der Waals surface area contributed by atoms with Crippen LogP contribution in [0.15, 0.2) is 0 Å². The number of hydrogen-bond donors (Lipinski definition) is 4. The van der Waals surface area contributed by atoms with Crippen molar-refractivity contribution in [1.29, 1.82) is 0 Å². The van der Waals surface area contributed by atoms with Crippen molar-refractivity contribution >= 4 is 17.8 Å². The Kier molecular flexibility index (Phi) is 4.86. The quantitative estimate of drug-likeness (QED) is 0.515. The maximum absolute atomic E-state index is 11.9. The van der Waals surface area contributed by atoms with E-state index in [1.54, 1.807) is 0 Å². The van der Waals surface area contributed by atoms with Crippen LogP contribution in [0.4, 0.5) is 0 Å². The molecule has 5 N–H and O–H groups in total. The summed E-state index contributed by atoms with van der Waals surface area (Å²) in [7, 11) is 0. The van der Waals surface area contributed by atoms with Gasteiger partial charge in [0.15, 0.2) is 0 Å². The van der Waals surface area contributed by atoms with Gasteiger partial charge < -0.3 is 21.5 Å². The van der Waals surface area contributed by atoms with E-state index in [-0.39, 0.29) is 0 Å². The number of rotatable bonds is 5. The molecule has 18 heavy (non-hydrogen) atoms. The number of carboxylic acid groups (broad SMARTS) is 1. The zero-order chi connectivity index (χ0) is 14.7. The summed E-state index contributed by atoms with van der Waals surface area (Å²) in [6.07, 6.45) is 0. The topological polar surface area (TPSA) is 122 Å². The normalized spacial score (nSPS) is 13.7. The summed E-state index contributed by atoms with van der Waals surface area (Å²) < 4.78 is 0. The van der Waals surface area contributed by atoms with Crippen molar-refractivity contribution in [1.82, 2.24) is 10.6 Å². The second kappa shape index (κ2) is 5.34. The molecule has 0 aliphatic carbocycles. The van der Waals surface area contributed by atoms with Crippen LogP contribution >= 0.6 is 0 Å². The van der Waals surface area contributed by atoms with Gasteiger partial charge in [0.05, 0.1) is 6.04 Å². The standard InChI is InChI=1S/C11H21N3O4/c1-6(12)7(15)13-10(2,3)8(16)14-11(4,5)9(17)18/h6H,12H2,1-5H3,(H,13,15)(H,14,16)(H,17,18). The smallest absolute Gasteiger partial charge is 0.328 e. The molecular formula is C11H21N3O4. The summed E-state index contributed by atoms with van der Waals surface area (Å²) in [6.45, 7) is 7.15. The van der Waals surface area contributed by atoms with Crippen LogP contribution in [0.2, 0.25) is 0 Å². The van der Waals surface area contributed by atoms with Crippen molar-refractivity contribution in [3.63, 3.8) is 0 Å². The predicted molar refractivity (Wildman–Crippen MR) is 65.7 cm³/mol. The third-order valence-electron chi connectivity index (χ3n) is 2.38. The summed E-state index contributed by atoms with van der Waals surface area (Å²) in [5.41, 5.74) is 2.73. The fraction of sp³-hybridized carbons (Fsp3) is 0.727. The fourth-order valence-electron chi connectivity index (χ4n) is 0.972. The van der Waals surface area contributed by atoms with Gasteiger partial charge in [0.25, 0.3) is 0 Å². The van der Waals surface area contributed by atoms with Crippen molar-refractivity contribution in [3.8, 4) is 0 Å². The number of aliphatic carboxylic acids is 1. The largest absolute Gasteiger partial charge is 0.480 e. The molecule has 0 heterocycles. The molecule has 0 fully saturated rings. The molecule has 0 aromatic carbocycles. The number of nitrogens with one attached hydrogen (secondary N) is 2. The van der Waals surface area contributed by atoms with E-state index < -0.39 is 34.9 Å². The van der Waals surface area contributed by atoms with Gasteiger partial charge in [-0.3, -0.25) is 9.59 Å². The van der Waals surface area contributed by atoms with Gasteiger partial charge in [-0.25, -0.2) is 4.79 Å². The van der Waals surface area contributed by atoms with Gasteiger partial charge in [-0.1, -0.05) is 0 Å². The molecule has 1 unspecified atom stereocenters. The van der Waals surface area contributed by atoms with Gasteiger partial charge in [-0.05, 0) is 34.6 Å². The van der Waals surface area contributed by atoms with Crippen LogP contribution in [0, 0.1) is 0 Å². The number of carbonyl (C=O) groups is 3. The van der Waals surface area contributed by atoms with Crippen LogP contribution in [0.25, 0.3) is 0 Å². The molecule has 0 aromatic rings. The van der Waals surface area contributed by atoms with Crippen molar-refractivity contribution in [3.05, 3.63) is 0 Å². The molecule has 104 valence electrons. The lowest BCUT2D eigenvalue weighted by atomic mass is 9.99.